The topological polar surface area (TPSA) is 52.6 Å². The SMILES string of the molecule is O=C(C[N+]12CCC(CC1)CC2OC(=O)C(F)(c1ccccc1)c1ccccc1)Oc1ccccc1.[Br-]. The van der Waals surface area contributed by atoms with Crippen molar-refractivity contribution in [2.45, 2.75) is 31.2 Å². The predicted octanol–water partition coefficient (Wildman–Crippen LogP) is 2.01. The minimum absolute atomic E-state index is 0. The number of hydrogen-bond donors (Lipinski definition) is 0. The number of benzene rings is 3. The van der Waals surface area contributed by atoms with Crippen molar-refractivity contribution in [1.29, 1.82) is 0 Å². The number of quaternary nitrogens is 1. The van der Waals surface area contributed by atoms with Crippen molar-refractivity contribution in [2.24, 2.45) is 5.92 Å². The van der Waals surface area contributed by atoms with Crippen LogP contribution in [-0.4, -0.2) is 42.3 Å². The molecule has 3 saturated heterocycles. The van der Waals surface area contributed by atoms with Gasteiger partial charge in [-0.2, -0.15) is 0 Å². The number of alkyl halides is 1. The zero-order valence-corrected chi connectivity index (χ0v) is 21.5. The molecule has 1 atom stereocenters. The van der Waals surface area contributed by atoms with Crippen LogP contribution in [0.3, 0.4) is 0 Å². The molecule has 3 aliphatic rings. The summed E-state index contributed by atoms with van der Waals surface area (Å²) < 4.78 is 28.6. The van der Waals surface area contributed by atoms with Gasteiger partial charge in [0, 0.05) is 30.4 Å². The predicted molar refractivity (Wildman–Crippen MR) is 129 cm³/mol. The van der Waals surface area contributed by atoms with Gasteiger partial charge in [-0.3, -0.25) is 4.48 Å². The minimum atomic E-state index is -2.45. The number of carbonyl (C=O) groups is 2. The Bertz CT molecular complexity index is 1130. The first-order valence-corrected chi connectivity index (χ1v) is 12.1. The van der Waals surface area contributed by atoms with Gasteiger partial charge < -0.3 is 26.5 Å². The van der Waals surface area contributed by atoms with Gasteiger partial charge in [-0.1, -0.05) is 78.9 Å². The highest BCUT2D eigenvalue weighted by atomic mass is 79.9. The van der Waals surface area contributed by atoms with Crippen LogP contribution in [0.15, 0.2) is 91.0 Å². The van der Waals surface area contributed by atoms with Crippen molar-refractivity contribution < 1.29 is 44.9 Å². The van der Waals surface area contributed by atoms with E-state index in [4.69, 9.17) is 9.47 Å². The molecule has 3 aromatic rings. The summed E-state index contributed by atoms with van der Waals surface area (Å²) in [6.45, 7) is 1.47. The number of carbonyl (C=O) groups excluding carboxylic acids is 2. The molecule has 0 aliphatic carbocycles. The number of hydrogen-bond acceptors (Lipinski definition) is 4. The van der Waals surface area contributed by atoms with E-state index in [2.05, 4.69) is 0 Å². The summed E-state index contributed by atoms with van der Waals surface area (Å²) in [6, 6.07) is 25.7. The summed E-state index contributed by atoms with van der Waals surface area (Å²) in [4.78, 5) is 26.5. The Morgan fingerprint density at radius 3 is 1.86 bits per heavy atom. The van der Waals surface area contributed by atoms with E-state index in [-0.39, 0.29) is 45.1 Å². The molecule has 0 N–H and O–H groups in total. The van der Waals surface area contributed by atoms with Crippen LogP contribution in [0.25, 0.3) is 0 Å². The molecule has 0 spiro atoms. The molecule has 3 aliphatic heterocycles. The zero-order valence-electron chi connectivity index (χ0n) is 19.9. The Hall–Kier alpha value is -3.03. The van der Waals surface area contributed by atoms with Gasteiger partial charge in [0.05, 0.1) is 13.1 Å². The average Bonchev–Trinajstić information content (AvgIpc) is 2.90. The van der Waals surface area contributed by atoms with E-state index in [9.17, 15) is 9.59 Å². The van der Waals surface area contributed by atoms with Crippen LogP contribution in [-0.2, 0) is 20.0 Å². The second-order valence-corrected chi connectivity index (χ2v) is 9.54. The van der Waals surface area contributed by atoms with Gasteiger partial charge in [0.1, 0.15) is 5.75 Å². The fraction of sp³-hybridized carbons (Fsp3) is 0.310. The molecular weight excluding hydrogens is 525 g/mol. The van der Waals surface area contributed by atoms with Crippen LogP contribution in [0.2, 0.25) is 0 Å². The van der Waals surface area contributed by atoms with Crippen LogP contribution in [0.5, 0.6) is 5.75 Å². The van der Waals surface area contributed by atoms with Gasteiger partial charge in [-0.25, -0.2) is 14.0 Å². The molecule has 0 aromatic heterocycles. The number of nitrogens with zero attached hydrogens (tertiary/aromatic N) is 1. The first-order chi connectivity index (χ1) is 17.0. The highest BCUT2D eigenvalue weighted by molar-refractivity contribution is 5.85. The van der Waals surface area contributed by atoms with E-state index >= 15 is 4.39 Å². The molecule has 7 heteroatoms. The summed E-state index contributed by atoms with van der Waals surface area (Å²) in [6.07, 6.45) is 1.92. The van der Waals surface area contributed by atoms with E-state index in [0.29, 0.717) is 31.2 Å². The third-order valence-corrected chi connectivity index (χ3v) is 7.40. The van der Waals surface area contributed by atoms with E-state index in [0.717, 1.165) is 12.8 Å². The summed E-state index contributed by atoms with van der Waals surface area (Å²) in [5, 5.41) is 0. The first kappa shape index (κ1) is 26.0. The van der Waals surface area contributed by atoms with Gasteiger partial charge in [0.2, 0.25) is 6.23 Å². The maximum atomic E-state index is 16.7. The van der Waals surface area contributed by atoms with Crippen molar-refractivity contribution in [3.05, 3.63) is 102 Å². The molecule has 3 heterocycles. The minimum Gasteiger partial charge on any atom is -1.00 e. The van der Waals surface area contributed by atoms with Gasteiger partial charge in [-0.05, 0) is 18.1 Å². The number of piperidine rings is 3. The lowest BCUT2D eigenvalue weighted by Crippen LogP contribution is -3.00. The summed E-state index contributed by atoms with van der Waals surface area (Å²) >= 11 is 0. The molecular formula is C29H29BrFNO4. The second-order valence-electron chi connectivity index (χ2n) is 9.54. The van der Waals surface area contributed by atoms with Crippen LogP contribution in [0.4, 0.5) is 4.39 Å². The molecule has 2 bridgehead atoms. The van der Waals surface area contributed by atoms with E-state index in [1.165, 1.54) is 0 Å². The Balaban J connectivity index is 0.00000304. The van der Waals surface area contributed by atoms with Crippen molar-refractivity contribution in [1.82, 2.24) is 0 Å². The molecule has 0 amide bonds. The monoisotopic (exact) mass is 553 g/mol. The van der Waals surface area contributed by atoms with Gasteiger partial charge in [-0.15, -0.1) is 0 Å². The Kier molecular flexibility index (Phi) is 7.91. The van der Waals surface area contributed by atoms with Crippen molar-refractivity contribution >= 4 is 11.9 Å². The third kappa shape index (κ3) is 5.08. The second kappa shape index (κ2) is 10.9. The lowest BCUT2D eigenvalue weighted by molar-refractivity contribution is -0.978. The number of rotatable bonds is 7. The molecule has 1 unspecified atom stereocenters. The highest BCUT2D eigenvalue weighted by Gasteiger charge is 2.54. The molecule has 0 radical (unpaired) electrons. The largest absolute Gasteiger partial charge is 1.00 e. The fourth-order valence-corrected chi connectivity index (χ4v) is 5.44. The van der Waals surface area contributed by atoms with Crippen molar-refractivity contribution in [2.75, 3.05) is 19.6 Å². The quantitative estimate of drug-likeness (QED) is 0.255. The third-order valence-electron chi connectivity index (χ3n) is 7.40. The standard InChI is InChI=1S/C29H29FNO4.BrH/c30-29(23-10-4-1-5-11-23,24-12-6-2-7-13-24)28(33)35-26-20-22-16-18-31(26,19-17-22)21-27(32)34-25-14-8-3-9-15-25;/h1-15,22,26H,16-21H2;1H/q+1;/p-1. The number of halogens is 2. The fourth-order valence-electron chi connectivity index (χ4n) is 5.44. The van der Waals surface area contributed by atoms with Gasteiger partial charge in [0.25, 0.3) is 5.67 Å². The maximum Gasteiger partial charge on any atom is 0.367 e. The molecule has 3 fully saturated rings. The molecule has 36 heavy (non-hydrogen) atoms. The average molecular weight is 554 g/mol. The smallest absolute Gasteiger partial charge is 0.367 e. The van der Waals surface area contributed by atoms with Crippen molar-refractivity contribution in [3.8, 4) is 5.75 Å². The zero-order chi connectivity index (χ0) is 24.3. The Morgan fingerprint density at radius 2 is 1.33 bits per heavy atom. The molecule has 3 aromatic carbocycles. The van der Waals surface area contributed by atoms with Crippen LogP contribution in [0, 0.1) is 5.92 Å². The number of esters is 2. The maximum absolute atomic E-state index is 16.7. The summed E-state index contributed by atoms with van der Waals surface area (Å²) in [7, 11) is 0. The molecule has 188 valence electrons. The van der Waals surface area contributed by atoms with Crippen LogP contribution < -0.4 is 21.7 Å². The van der Waals surface area contributed by atoms with Gasteiger partial charge >= 0.3 is 11.9 Å². The van der Waals surface area contributed by atoms with E-state index in [1.807, 2.05) is 6.07 Å². The number of ether oxygens (including phenoxy) is 2. The lowest BCUT2D eigenvalue weighted by Gasteiger charge is -2.52. The first-order valence-electron chi connectivity index (χ1n) is 12.1. The van der Waals surface area contributed by atoms with Gasteiger partial charge in [0.15, 0.2) is 6.54 Å². The summed E-state index contributed by atoms with van der Waals surface area (Å²) in [5.41, 5.74) is -2.00. The lowest BCUT2D eigenvalue weighted by atomic mass is 9.84. The van der Waals surface area contributed by atoms with E-state index < -0.39 is 17.9 Å². The Labute approximate surface area is 221 Å². The number of fused-ring (bicyclic) bond motifs is 3. The molecule has 5 nitrogen and oxygen atoms in total. The normalized spacial score (nSPS) is 22.8. The Morgan fingerprint density at radius 1 is 0.833 bits per heavy atom. The highest BCUT2D eigenvalue weighted by Crippen LogP contribution is 2.42. The summed E-state index contributed by atoms with van der Waals surface area (Å²) in [5.74, 6) is -0.441. The molecule has 6 rings (SSSR count). The van der Waals surface area contributed by atoms with E-state index in [1.54, 1.807) is 84.9 Å². The van der Waals surface area contributed by atoms with Crippen LogP contribution >= 0.6 is 0 Å². The number of para-hydroxylation sites is 1. The van der Waals surface area contributed by atoms with Crippen LogP contribution in [0.1, 0.15) is 30.4 Å². The molecule has 0 saturated carbocycles. The van der Waals surface area contributed by atoms with Crippen molar-refractivity contribution in [3.63, 3.8) is 0 Å².